The summed E-state index contributed by atoms with van der Waals surface area (Å²) in [7, 11) is 0. The molecule has 0 aromatic carbocycles. The van der Waals surface area contributed by atoms with E-state index in [0.29, 0.717) is 13.2 Å². The molecule has 1 fully saturated rings. The maximum atomic E-state index is 10.8. The molecule has 1 aliphatic heterocycles. The van der Waals surface area contributed by atoms with E-state index in [9.17, 15) is 9.59 Å². The van der Waals surface area contributed by atoms with Crippen molar-refractivity contribution < 1.29 is 24.2 Å². The summed E-state index contributed by atoms with van der Waals surface area (Å²) in [6.07, 6.45) is 1.19. The molecule has 1 heterocycles. The van der Waals surface area contributed by atoms with Gasteiger partial charge in [0.25, 0.3) is 0 Å². The molecule has 0 amide bonds. The quantitative estimate of drug-likeness (QED) is 0.753. The number of aliphatic carboxylic acids is 1. The van der Waals surface area contributed by atoms with Gasteiger partial charge in [-0.15, -0.1) is 0 Å². The van der Waals surface area contributed by atoms with Gasteiger partial charge in [-0.3, -0.25) is 0 Å². The number of halogens is 1. The van der Waals surface area contributed by atoms with Crippen LogP contribution in [0.3, 0.4) is 0 Å². The highest BCUT2D eigenvalue weighted by atomic mass is 35.5. The third-order valence-electron chi connectivity index (χ3n) is 2.66. The zero-order chi connectivity index (χ0) is 14.7. The SMILES string of the molecule is CCOC(=O)Cl.CCOC(C(=O)O)C1CCNCC1. The monoisotopic (exact) mass is 295 g/mol. The van der Waals surface area contributed by atoms with Crippen LogP contribution in [-0.2, 0) is 14.3 Å². The van der Waals surface area contributed by atoms with Gasteiger partial charge in [-0.2, -0.15) is 0 Å². The predicted molar refractivity (Wildman–Crippen MR) is 71.5 cm³/mol. The number of nitrogens with one attached hydrogen (secondary N) is 1. The van der Waals surface area contributed by atoms with Crippen LogP contribution in [0.1, 0.15) is 26.7 Å². The minimum absolute atomic E-state index is 0.179. The van der Waals surface area contributed by atoms with E-state index >= 15 is 0 Å². The van der Waals surface area contributed by atoms with Gasteiger partial charge in [0.15, 0.2) is 6.10 Å². The van der Waals surface area contributed by atoms with Crippen LogP contribution in [0.4, 0.5) is 4.79 Å². The summed E-state index contributed by atoms with van der Waals surface area (Å²) in [4.78, 5) is 20.4. The Morgan fingerprint density at radius 1 is 1.32 bits per heavy atom. The van der Waals surface area contributed by atoms with Crippen molar-refractivity contribution in [1.29, 1.82) is 0 Å². The number of carboxylic acid groups (broad SMARTS) is 1. The molecule has 2 N–H and O–H groups in total. The molecule has 0 spiro atoms. The van der Waals surface area contributed by atoms with Crippen molar-refractivity contribution in [2.45, 2.75) is 32.8 Å². The van der Waals surface area contributed by atoms with Crippen LogP contribution in [0.25, 0.3) is 0 Å². The van der Waals surface area contributed by atoms with Crippen LogP contribution in [-0.4, -0.2) is 48.9 Å². The first-order valence-electron chi connectivity index (χ1n) is 6.40. The molecule has 1 aliphatic rings. The highest BCUT2D eigenvalue weighted by molar-refractivity contribution is 6.61. The lowest BCUT2D eigenvalue weighted by atomic mass is 9.92. The second kappa shape index (κ2) is 11.0. The van der Waals surface area contributed by atoms with Crippen molar-refractivity contribution in [2.24, 2.45) is 5.92 Å². The van der Waals surface area contributed by atoms with Crippen molar-refractivity contribution in [3.8, 4) is 0 Å². The molecule has 19 heavy (non-hydrogen) atoms. The van der Waals surface area contributed by atoms with Gasteiger partial charge in [0.05, 0.1) is 6.61 Å². The third kappa shape index (κ3) is 8.80. The highest BCUT2D eigenvalue weighted by Gasteiger charge is 2.29. The molecule has 1 rings (SSSR count). The van der Waals surface area contributed by atoms with Crippen LogP contribution in [0, 0.1) is 5.92 Å². The van der Waals surface area contributed by atoms with Crippen LogP contribution < -0.4 is 5.32 Å². The smallest absolute Gasteiger partial charge is 0.403 e. The van der Waals surface area contributed by atoms with Crippen LogP contribution in [0.5, 0.6) is 0 Å². The van der Waals surface area contributed by atoms with E-state index in [1.54, 1.807) is 6.92 Å². The third-order valence-corrected chi connectivity index (χ3v) is 2.77. The van der Waals surface area contributed by atoms with E-state index in [0.717, 1.165) is 25.9 Å². The number of ether oxygens (including phenoxy) is 2. The summed E-state index contributed by atoms with van der Waals surface area (Å²) in [6.45, 7) is 6.16. The fraction of sp³-hybridized carbons (Fsp3) is 0.833. The van der Waals surface area contributed by atoms with Crippen LogP contribution >= 0.6 is 11.6 Å². The van der Waals surface area contributed by atoms with Gasteiger partial charge in [-0.25, -0.2) is 9.59 Å². The lowest BCUT2D eigenvalue weighted by molar-refractivity contribution is -0.154. The van der Waals surface area contributed by atoms with E-state index in [1.807, 2.05) is 6.92 Å². The van der Waals surface area contributed by atoms with E-state index in [4.69, 9.17) is 21.4 Å². The fourth-order valence-electron chi connectivity index (χ4n) is 1.85. The van der Waals surface area contributed by atoms with Crippen molar-refractivity contribution in [2.75, 3.05) is 26.3 Å². The van der Waals surface area contributed by atoms with Crippen molar-refractivity contribution >= 4 is 23.0 Å². The van der Waals surface area contributed by atoms with E-state index in [1.165, 1.54) is 0 Å². The summed E-state index contributed by atoms with van der Waals surface area (Å²) in [5.41, 5.74) is -0.738. The molecular weight excluding hydrogens is 274 g/mol. The van der Waals surface area contributed by atoms with Crippen molar-refractivity contribution in [3.63, 3.8) is 0 Å². The summed E-state index contributed by atoms with van der Waals surface area (Å²) in [6, 6.07) is 0. The molecule has 1 atom stereocenters. The Morgan fingerprint density at radius 2 is 1.89 bits per heavy atom. The molecule has 0 radical (unpaired) electrons. The van der Waals surface area contributed by atoms with Crippen molar-refractivity contribution in [3.05, 3.63) is 0 Å². The van der Waals surface area contributed by atoms with E-state index < -0.39 is 17.5 Å². The molecule has 0 aliphatic carbocycles. The average molecular weight is 296 g/mol. The fourth-order valence-corrected chi connectivity index (χ4v) is 1.96. The minimum Gasteiger partial charge on any atom is -0.479 e. The molecule has 6 nitrogen and oxygen atoms in total. The number of carbonyl (C=O) groups excluding carboxylic acids is 1. The molecule has 0 aromatic rings. The molecule has 0 saturated carbocycles. The van der Waals surface area contributed by atoms with Gasteiger partial charge in [0.1, 0.15) is 0 Å². The molecule has 0 bridgehead atoms. The standard InChI is InChI=1S/C9H17NO3.C3H5ClO2/c1-2-13-8(9(11)12)7-3-5-10-6-4-7;1-2-6-3(4)5/h7-8,10H,2-6H2,1H3,(H,11,12);2H2,1H3. The number of rotatable bonds is 5. The van der Waals surface area contributed by atoms with Gasteiger partial charge < -0.3 is 19.9 Å². The van der Waals surface area contributed by atoms with E-state index in [-0.39, 0.29) is 5.92 Å². The first-order chi connectivity index (χ1) is 9.02. The minimum atomic E-state index is -0.825. The molecule has 1 unspecified atom stereocenters. The van der Waals surface area contributed by atoms with Gasteiger partial charge in [0.2, 0.25) is 0 Å². The maximum Gasteiger partial charge on any atom is 0.403 e. The second-order valence-electron chi connectivity index (χ2n) is 3.97. The predicted octanol–water partition coefficient (Wildman–Crippen LogP) is 1.86. The molecule has 0 aromatic heterocycles. The number of hydrogen-bond donors (Lipinski definition) is 2. The average Bonchev–Trinajstić information content (AvgIpc) is 2.37. The zero-order valence-corrected chi connectivity index (χ0v) is 12.1. The lowest BCUT2D eigenvalue weighted by Gasteiger charge is -2.27. The molecule has 112 valence electrons. The Balaban J connectivity index is 0.000000459. The number of carboxylic acids is 1. The number of carbonyl (C=O) groups is 2. The normalized spacial score (nSPS) is 17.0. The summed E-state index contributed by atoms with van der Waals surface area (Å²) >= 11 is 4.72. The maximum absolute atomic E-state index is 10.8. The van der Waals surface area contributed by atoms with E-state index in [2.05, 4.69) is 10.1 Å². The number of hydrogen-bond acceptors (Lipinski definition) is 5. The molecule has 1 saturated heterocycles. The Morgan fingerprint density at radius 3 is 2.21 bits per heavy atom. The van der Waals surface area contributed by atoms with Gasteiger partial charge in [-0.05, 0) is 45.7 Å². The van der Waals surface area contributed by atoms with Gasteiger partial charge in [0, 0.05) is 18.2 Å². The summed E-state index contributed by atoms with van der Waals surface area (Å²) in [5.74, 6) is -0.646. The lowest BCUT2D eigenvalue weighted by Crippen LogP contribution is -2.39. The Bertz CT molecular complexity index is 269. The van der Waals surface area contributed by atoms with Gasteiger partial charge in [-0.1, -0.05) is 0 Å². The largest absolute Gasteiger partial charge is 0.479 e. The number of piperidine rings is 1. The summed E-state index contributed by atoms with van der Waals surface area (Å²) in [5, 5.41) is 12.1. The van der Waals surface area contributed by atoms with Gasteiger partial charge >= 0.3 is 11.4 Å². The van der Waals surface area contributed by atoms with Crippen LogP contribution in [0.15, 0.2) is 0 Å². The molecular formula is C12H22ClNO5. The Kier molecular flexibility index (Phi) is 10.5. The first kappa shape index (κ1) is 18.1. The zero-order valence-electron chi connectivity index (χ0n) is 11.4. The Hall–Kier alpha value is -0.850. The highest BCUT2D eigenvalue weighted by Crippen LogP contribution is 2.19. The second-order valence-corrected chi connectivity index (χ2v) is 4.28. The molecule has 7 heteroatoms. The topological polar surface area (TPSA) is 84.9 Å². The van der Waals surface area contributed by atoms with Crippen LogP contribution in [0.2, 0.25) is 0 Å². The first-order valence-corrected chi connectivity index (χ1v) is 6.78. The summed E-state index contributed by atoms with van der Waals surface area (Å²) < 4.78 is 9.38. The Labute approximate surface area is 118 Å². The van der Waals surface area contributed by atoms with Crippen molar-refractivity contribution in [1.82, 2.24) is 5.32 Å².